The van der Waals surface area contributed by atoms with Gasteiger partial charge in [-0.15, -0.1) is 45.3 Å². The molecule has 0 atom stereocenters. The molecule has 3 aliphatic rings. The normalized spacial score (nSPS) is 17.1. The second-order valence-electron chi connectivity index (χ2n) is 11.6. The van der Waals surface area contributed by atoms with Crippen LogP contribution in [0.2, 0.25) is 0 Å². The topological polar surface area (TPSA) is 98.2 Å². The molecule has 0 amide bonds. The SMILES string of the molecule is N#Cc1n[nH]c2c1C=CC(c1cccs1)(c1cccs1)C2.O=C(c1n[nH]c2c1C=CC(c1cccs1)(c1cccs1)C2)C1CC1. The van der Waals surface area contributed by atoms with Crippen molar-refractivity contribution in [3.05, 3.63) is 136 Å². The van der Waals surface area contributed by atoms with E-state index in [9.17, 15) is 4.79 Å². The standard InChI is InChI=1S/C19H16N2OS2.C16H11N3S2/c22-18(12-5-6-12)17-13-7-8-19(11-14(13)20-21-17,15-3-1-9-23-15)16-4-2-10-24-16;17-10-13-11-5-6-16(9-12(11)18-19-13,14-3-1-7-20-14)15-4-2-8-21-15/h1-4,7-10,12H,5-6,11H2,(H,20,21);1-8H,9H2,(H,18,19). The summed E-state index contributed by atoms with van der Waals surface area (Å²) in [7, 11) is 0. The van der Waals surface area contributed by atoms with E-state index >= 15 is 0 Å². The maximum Gasteiger partial charge on any atom is 0.186 e. The van der Waals surface area contributed by atoms with E-state index in [1.165, 1.54) is 19.5 Å². The van der Waals surface area contributed by atoms with E-state index in [-0.39, 0.29) is 22.5 Å². The second-order valence-corrected chi connectivity index (χ2v) is 15.3. The van der Waals surface area contributed by atoms with E-state index in [0.29, 0.717) is 11.4 Å². The number of carbonyl (C=O) groups excluding carboxylic acids is 1. The van der Waals surface area contributed by atoms with Gasteiger partial charge in [-0.2, -0.15) is 15.5 Å². The van der Waals surface area contributed by atoms with Gasteiger partial charge in [0.1, 0.15) is 11.8 Å². The molecule has 3 aliphatic carbocycles. The van der Waals surface area contributed by atoms with Crippen LogP contribution in [-0.4, -0.2) is 26.2 Å². The molecule has 9 rings (SSSR count). The number of carbonyl (C=O) groups is 1. The Balaban J connectivity index is 0.000000135. The molecule has 6 heterocycles. The molecule has 0 radical (unpaired) electrons. The number of fused-ring (bicyclic) bond motifs is 2. The minimum Gasteiger partial charge on any atom is -0.292 e. The average Bonchev–Trinajstić information content (AvgIpc) is 3.82. The summed E-state index contributed by atoms with van der Waals surface area (Å²) < 4.78 is 0. The van der Waals surface area contributed by atoms with Crippen LogP contribution in [0.4, 0.5) is 0 Å². The van der Waals surface area contributed by atoms with Gasteiger partial charge in [-0.25, -0.2) is 0 Å². The lowest BCUT2D eigenvalue weighted by atomic mass is 9.75. The molecular weight excluding hydrogens is 635 g/mol. The summed E-state index contributed by atoms with van der Waals surface area (Å²) in [5, 5.41) is 32.3. The molecular formula is C35H27N5OS4. The molecule has 1 fully saturated rings. The summed E-state index contributed by atoms with van der Waals surface area (Å²) in [4.78, 5) is 17.7. The molecule has 0 aromatic carbocycles. The Kier molecular flexibility index (Phi) is 7.14. The number of thiophene rings is 4. The molecule has 0 unspecified atom stereocenters. The zero-order chi connectivity index (χ0) is 30.4. The lowest BCUT2D eigenvalue weighted by Gasteiger charge is -2.31. The van der Waals surface area contributed by atoms with Crippen molar-refractivity contribution in [1.29, 1.82) is 5.26 Å². The minimum atomic E-state index is -0.151. The Hall–Kier alpha value is -4.14. The van der Waals surface area contributed by atoms with Gasteiger partial charge in [0.05, 0.1) is 10.8 Å². The van der Waals surface area contributed by atoms with Crippen LogP contribution < -0.4 is 0 Å². The van der Waals surface area contributed by atoms with Gasteiger partial charge < -0.3 is 0 Å². The first-order valence-corrected chi connectivity index (χ1v) is 18.3. The number of rotatable bonds is 6. The summed E-state index contributed by atoms with van der Waals surface area (Å²) in [6, 6.07) is 19.3. The number of nitrogens with one attached hydrogen (secondary N) is 2. The highest BCUT2D eigenvalue weighted by molar-refractivity contribution is 7.12. The Morgan fingerprint density at radius 2 is 1.20 bits per heavy atom. The van der Waals surface area contributed by atoms with Gasteiger partial charge in [-0.1, -0.05) is 48.6 Å². The number of hydrogen-bond acceptors (Lipinski definition) is 8. The summed E-state index contributed by atoms with van der Waals surface area (Å²) in [6.07, 6.45) is 12.3. The second kappa shape index (κ2) is 11.3. The van der Waals surface area contributed by atoms with Gasteiger partial charge in [0, 0.05) is 60.8 Å². The van der Waals surface area contributed by atoms with Crippen LogP contribution in [0.1, 0.15) is 71.0 Å². The molecule has 1 saturated carbocycles. The van der Waals surface area contributed by atoms with Crippen molar-refractivity contribution < 1.29 is 4.79 Å². The maximum atomic E-state index is 12.4. The number of nitrogens with zero attached hydrogens (tertiary/aromatic N) is 3. The Morgan fingerprint density at radius 3 is 1.64 bits per heavy atom. The molecule has 0 spiro atoms. The minimum absolute atomic E-state index is 0.144. The highest BCUT2D eigenvalue weighted by Crippen LogP contribution is 2.47. The zero-order valence-corrected chi connectivity index (χ0v) is 27.3. The van der Waals surface area contributed by atoms with Crippen LogP contribution in [0.5, 0.6) is 0 Å². The zero-order valence-electron chi connectivity index (χ0n) is 24.0. The van der Waals surface area contributed by atoms with E-state index in [2.05, 4.69) is 115 Å². The largest absolute Gasteiger partial charge is 0.292 e. The monoisotopic (exact) mass is 661 g/mol. The number of hydrogen-bond donors (Lipinski definition) is 2. The van der Waals surface area contributed by atoms with Crippen molar-refractivity contribution in [1.82, 2.24) is 20.4 Å². The van der Waals surface area contributed by atoms with E-state index in [4.69, 9.17) is 5.26 Å². The molecule has 0 aliphatic heterocycles. The molecule has 0 bridgehead atoms. The third-order valence-electron chi connectivity index (χ3n) is 8.88. The van der Waals surface area contributed by atoms with Crippen LogP contribution >= 0.6 is 45.3 Å². The van der Waals surface area contributed by atoms with Gasteiger partial charge in [-0.3, -0.25) is 15.0 Å². The van der Waals surface area contributed by atoms with Crippen LogP contribution in [-0.2, 0) is 23.7 Å². The summed E-state index contributed by atoms with van der Waals surface area (Å²) in [5.74, 6) is 0.406. The van der Waals surface area contributed by atoms with Crippen LogP contribution in [0.25, 0.3) is 12.2 Å². The number of allylic oxidation sites excluding steroid dienone is 2. The lowest BCUT2D eigenvalue weighted by Crippen LogP contribution is -2.28. The Labute approximate surface area is 276 Å². The molecule has 0 saturated heterocycles. The van der Waals surface area contributed by atoms with Crippen molar-refractivity contribution >= 4 is 63.3 Å². The molecule has 2 N–H and O–H groups in total. The van der Waals surface area contributed by atoms with Gasteiger partial charge in [0.15, 0.2) is 11.5 Å². The lowest BCUT2D eigenvalue weighted by molar-refractivity contribution is 0.0962. The predicted octanol–water partition coefficient (Wildman–Crippen LogP) is 8.64. The third-order valence-corrected chi connectivity index (χ3v) is 13.1. The molecule has 6 aromatic heterocycles. The third kappa shape index (κ3) is 4.82. The van der Waals surface area contributed by atoms with Gasteiger partial charge >= 0.3 is 0 Å². The first kappa shape index (κ1) is 28.3. The summed E-state index contributed by atoms with van der Waals surface area (Å²) >= 11 is 7.11. The van der Waals surface area contributed by atoms with E-state index in [0.717, 1.165) is 48.2 Å². The van der Waals surface area contributed by atoms with Crippen molar-refractivity contribution in [2.45, 2.75) is 36.5 Å². The fraction of sp³-hybridized carbons (Fsp3) is 0.200. The van der Waals surface area contributed by atoms with Crippen LogP contribution in [0.15, 0.2) is 82.2 Å². The molecule has 45 heavy (non-hydrogen) atoms. The van der Waals surface area contributed by atoms with Crippen molar-refractivity contribution in [2.24, 2.45) is 5.92 Å². The molecule has 10 heteroatoms. The number of aromatic nitrogens is 4. The Morgan fingerprint density at radius 1 is 0.733 bits per heavy atom. The summed E-state index contributed by atoms with van der Waals surface area (Å²) in [5.41, 5.74) is 4.86. The van der Waals surface area contributed by atoms with Crippen molar-refractivity contribution in [3.8, 4) is 6.07 Å². The first-order valence-electron chi connectivity index (χ1n) is 14.7. The number of Topliss-reactive ketones (excluding diaryl/α,β-unsaturated/α-hetero) is 1. The smallest absolute Gasteiger partial charge is 0.186 e. The number of ketones is 1. The average molecular weight is 662 g/mol. The fourth-order valence-electron chi connectivity index (χ4n) is 6.39. The van der Waals surface area contributed by atoms with E-state index < -0.39 is 0 Å². The summed E-state index contributed by atoms with van der Waals surface area (Å²) in [6.45, 7) is 0. The number of aromatic amines is 2. The number of nitriles is 1. The van der Waals surface area contributed by atoms with Crippen molar-refractivity contribution in [3.63, 3.8) is 0 Å². The fourth-order valence-corrected chi connectivity index (χ4v) is 10.2. The van der Waals surface area contributed by atoms with Gasteiger partial charge in [-0.05, 0) is 58.6 Å². The van der Waals surface area contributed by atoms with E-state index in [1.807, 2.05) is 6.08 Å². The van der Waals surface area contributed by atoms with Crippen LogP contribution in [0.3, 0.4) is 0 Å². The Bertz CT molecular complexity index is 1980. The van der Waals surface area contributed by atoms with Gasteiger partial charge in [0.25, 0.3) is 0 Å². The number of H-pyrrole nitrogens is 2. The van der Waals surface area contributed by atoms with Gasteiger partial charge in [0.2, 0.25) is 0 Å². The molecule has 222 valence electrons. The highest BCUT2D eigenvalue weighted by Gasteiger charge is 2.41. The van der Waals surface area contributed by atoms with Crippen molar-refractivity contribution in [2.75, 3.05) is 0 Å². The highest BCUT2D eigenvalue weighted by atomic mass is 32.1. The molecule has 6 aromatic rings. The van der Waals surface area contributed by atoms with Crippen LogP contribution in [0, 0.1) is 17.2 Å². The predicted molar refractivity (Wildman–Crippen MR) is 183 cm³/mol. The molecule has 6 nitrogen and oxygen atoms in total. The van der Waals surface area contributed by atoms with E-state index in [1.54, 1.807) is 45.3 Å². The first-order chi connectivity index (χ1) is 22.1. The quantitative estimate of drug-likeness (QED) is 0.175. The maximum absolute atomic E-state index is 12.4.